The largest absolute Gasteiger partial charge is 0.488 e. The van der Waals surface area contributed by atoms with Crippen molar-refractivity contribution in [3.63, 3.8) is 0 Å². The first kappa shape index (κ1) is 14.4. The van der Waals surface area contributed by atoms with Gasteiger partial charge in [0.15, 0.2) is 0 Å². The van der Waals surface area contributed by atoms with Crippen molar-refractivity contribution >= 4 is 5.69 Å². The molecule has 0 bridgehead atoms. The van der Waals surface area contributed by atoms with Gasteiger partial charge in [0.25, 0.3) is 0 Å². The van der Waals surface area contributed by atoms with Crippen LogP contribution in [0, 0.1) is 5.82 Å². The fraction of sp³-hybridized carbons (Fsp3) is 0.294. The first-order valence-electron chi connectivity index (χ1n) is 6.71. The van der Waals surface area contributed by atoms with Crippen molar-refractivity contribution < 1.29 is 9.13 Å². The Labute approximate surface area is 119 Å². The highest BCUT2D eigenvalue weighted by Crippen LogP contribution is 2.24. The van der Waals surface area contributed by atoms with Gasteiger partial charge in [-0.05, 0) is 39.0 Å². The number of rotatable bonds is 4. The molecule has 2 aromatic rings. The van der Waals surface area contributed by atoms with Crippen molar-refractivity contribution in [2.45, 2.75) is 32.9 Å². The molecule has 3 heteroatoms. The summed E-state index contributed by atoms with van der Waals surface area (Å²) in [7, 11) is 0. The SMILES string of the molecule is CC(C)(C)Oc1ccccc1CNc1ccccc1F. The standard InChI is InChI=1S/C17H20FNO/c1-17(2,3)20-16-11-7-4-8-13(16)12-19-15-10-6-5-9-14(15)18/h4-11,19H,12H2,1-3H3. The summed E-state index contributed by atoms with van der Waals surface area (Å²) in [5.41, 5.74) is 1.25. The third-order valence-electron chi connectivity index (χ3n) is 2.73. The fourth-order valence-corrected chi connectivity index (χ4v) is 1.87. The number of nitrogens with one attached hydrogen (secondary N) is 1. The Morgan fingerprint density at radius 2 is 1.65 bits per heavy atom. The van der Waals surface area contributed by atoms with Crippen LogP contribution >= 0.6 is 0 Å². The second kappa shape index (κ2) is 5.95. The topological polar surface area (TPSA) is 21.3 Å². The van der Waals surface area contributed by atoms with Crippen LogP contribution in [-0.4, -0.2) is 5.60 Å². The summed E-state index contributed by atoms with van der Waals surface area (Å²) < 4.78 is 19.5. The lowest BCUT2D eigenvalue weighted by atomic mass is 10.1. The van der Waals surface area contributed by atoms with Gasteiger partial charge in [-0.2, -0.15) is 0 Å². The van der Waals surface area contributed by atoms with Crippen molar-refractivity contribution in [1.29, 1.82) is 0 Å². The fourth-order valence-electron chi connectivity index (χ4n) is 1.87. The van der Waals surface area contributed by atoms with Crippen LogP contribution in [0.2, 0.25) is 0 Å². The van der Waals surface area contributed by atoms with Crippen LogP contribution in [0.1, 0.15) is 26.3 Å². The highest BCUT2D eigenvalue weighted by Gasteiger charge is 2.14. The molecule has 0 spiro atoms. The van der Waals surface area contributed by atoms with Crippen LogP contribution in [0.15, 0.2) is 48.5 Å². The summed E-state index contributed by atoms with van der Waals surface area (Å²) in [6.07, 6.45) is 0. The lowest BCUT2D eigenvalue weighted by Gasteiger charge is -2.23. The summed E-state index contributed by atoms with van der Waals surface area (Å²) in [6.45, 7) is 6.55. The average Bonchev–Trinajstić information content (AvgIpc) is 2.37. The van der Waals surface area contributed by atoms with Crippen LogP contribution in [-0.2, 0) is 6.54 Å². The molecule has 0 heterocycles. The van der Waals surface area contributed by atoms with E-state index in [4.69, 9.17) is 4.74 Å². The highest BCUT2D eigenvalue weighted by atomic mass is 19.1. The molecule has 2 nitrogen and oxygen atoms in total. The third-order valence-corrected chi connectivity index (χ3v) is 2.73. The van der Waals surface area contributed by atoms with Gasteiger partial charge in [0.2, 0.25) is 0 Å². The smallest absolute Gasteiger partial charge is 0.146 e. The molecule has 106 valence electrons. The second-order valence-corrected chi connectivity index (χ2v) is 5.66. The molecule has 0 aromatic heterocycles. The lowest BCUT2D eigenvalue weighted by Crippen LogP contribution is -2.23. The molecular weight excluding hydrogens is 253 g/mol. The monoisotopic (exact) mass is 273 g/mol. The molecule has 1 N–H and O–H groups in total. The van der Waals surface area contributed by atoms with Crippen LogP contribution in [0.5, 0.6) is 5.75 Å². The summed E-state index contributed by atoms with van der Waals surface area (Å²) in [6, 6.07) is 14.5. The van der Waals surface area contributed by atoms with Gasteiger partial charge in [0, 0.05) is 12.1 Å². The van der Waals surface area contributed by atoms with Crippen LogP contribution in [0.4, 0.5) is 10.1 Å². The normalized spacial score (nSPS) is 11.2. The van der Waals surface area contributed by atoms with Crippen LogP contribution in [0.3, 0.4) is 0 Å². The van der Waals surface area contributed by atoms with Gasteiger partial charge in [-0.15, -0.1) is 0 Å². The minimum atomic E-state index is -0.256. The summed E-state index contributed by atoms with van der Waals surface area (Å²) in [5.74, 6) is 0.575. The number of hydrogen-bond acceptors (Lipinski definition) is 2. The van der Waals surface area contributed by atoms with Crippen molar-refractivity contribution in [2.75, 3.05) is 5.32 Å². The van der Waals surface area contributed by atoms with Gasteiger partial charge in [-0.1, -0.05) is 30.3 Å². The van der Waals surface area contributed by atoms with E-state index in [9.17, 15) is 4.39 Å². The van der Waals surface area contributed by atoms with E-state index in [-0.39, 0.29) is 11.4 Å². The van der Waals surface area contributed by atoms with Crippen LogP contribution in [0.25, 0.3) is 0 Å². The molecule has 0 amide bonds. The van der Waals surface area contributed by atoms with Crippen molar-refractivity contribution in [1.82, 2.24) is 0 Å². The molecule has 0 aliphatic carbocycles. The van der Waals surface area contributed by atoms with E-state index < -0.39 is 0 Å². The first-order valence-corrected chi connectivity index (χ1v) is 6.71. The molecule has 0 atom stereocenters. The van der Waals surface area contributed by atoms with E-state index in [2.05, 4.69) is 5.32 Å². The summed E-state index contributed by atoms with van der Waals surface area (Å²) >= 11 is 0. The van der Waals surface area contributed by atoms with Crippen molar-refractivity contribution in [3.8, 4) is 5.75 Å². The molecule has 2 aromatic carbocycles. The van der Waals surface area contributed by atoms with E-state index in [0.717, 1.165) is 11.3 Å². The van der Waals surface area contributed by atoms with Gasteiger partial charge in [-0.3, -0.25) is 0 Å². The zero-order valence-electron chi connectivity index (χ0n) is 12.1. The molecule has 20 heavy (non-hydrogen) atoms. The van der Waals surface area contributed by atoms with Crippen molar-refractivity contribution in [2.24, 2.45) is 0 Å². The van der Waals surface area contributed by atoms with Gasteiger partial charge in [0.05, 0.1) is 5.69 Å². The quantitative estimate of drug-likeness (QED) is 0.878. The Kier molecular flexibility index (Phi) is 4.28. The Bertz CT molecular complexity index is 575. The Hall–Kier alpha value is -2.03. The van der Waals surface area contributed by atoms with E-state index in [1.54, 1.807) is 12.1 Å². The van der Waals surface area contributed by atoms with E-state index in [1.807, 2.05) is 51.1 Å². The molecular formula is C17H20FNO. The number of para-hydroxylation sites is 2. The first-order chi connectivity index (χ1) is 9.46. The molecule has 0 aliphatic rings. The van der Waals surface area contributed by atoms with Gasteiger partial charge < -0.3 is 10.1 Å². The minimum absolute atomic E-state index is 0.248. The molecule has 0 fully saturated rings. The lowest BCUT2D eigenvalue weighted by molar-refractivity contribution is 0.129. The summed E-state index contributed by atoms with van der Waals surface area (Å²) in [4.78, 5) is 0. The molecule has 0 aliphatic heterocycles. The van der Waals surface area contributed by atoms with Gasteiger partial charge >= 0.3 is 0 Å². The predicted octanol–water partition coefficient (Wildman–Crippen LogP) is 4.62. The molecule has 2 rings (SSSR count). The number of anilines is 1. The zero-order chi connectivity index (χ0) is 14.6. The zero-order valence-corrected chi connectivity index (χ0v) is 12.1. The Morgan fingerprint density at radius 3 is 2.35 bits per heavy atom. The average molecular weight is 273 g/mol. The van der Waals surface area contributed by atoms with Gasteiger partial charge in [-0.25, -0.2) is 4.39 Å². The third kappa shape index (κ3) is 3.98. The predicted molar refractivity (Wildman–Crippen MR) is 80.5 cm³/mol. The number of halogens is 1. The van der Waals surface area contributed by atoms with Gasteiger partial charge in [0.1, 0.15) is 17.2 Å². The van der Waals surface area contributed by atoms with E-state index >= 15 is 0 Å². The number of hydrogen-bond donors (Lipinski definition) is 1. The summed E-state index contributed by atoms with van der Waals surface area (Å²) in [5, 5.41) is 3.10. The minimum Gasteiger partial charge on any atom is -0.488 e. The van der Waals surface area contributed by atoms with E-state index in [0.29, 0.717) is 12.2 Å². The maximum absolute atomic E-state index is 13.6. The molecule has 0 saturated carbocycles. The Morgan fingerprint density at radius 1 is 1.00 bits per heavy atom. The van der Waals surface area contributed by atoms with E-state index in [1.165, 1.54) is 6.07 Å². The Balaban J connectivity index is 2.12. The second-order valence-electron chi connectivity index (χ2n) is 5.66. The number of benzene rings is 2. The molecule has 0 unspecified atom stereocenters. The molecule has 0 saturated heterocycles. The maximum Gasteiger partial charge on any atom is 0.146 e. The maximum atomic E-state index is 13.6. The highest BCUT2D eigenvalue weighted by molar-refractivity contribution is 5.46. The van der Waals surface area contributed by atoms with Crippen molar-refractivity contribution in [3.05, 3.63) is 59.9 Å². The number of ether oxygens (including phenoxy) is 1. The van der Waals surface area contributed by atoms with Crippen LogP contribution < -0.4 is 10.1 Å². The molecule has 0 radical (unpaired) electrons.